The molecule has 2 amide bonds. The summed E-state index contributed by atoms with van der Waals surface area (Å²) in [5, 5.41) is 4.90. The number of imide groups is 1. The number of para-hydroxylation sites is 1. The summed E-state index contributed by atoms with van der Waals surface area (Å²) in [6, 6.07) is 13.2. The first kappa shape index (κ1) is 22.3. The number of benzene rings is 2. The Kier molecular flexibility index (Phi) is 5.10. The van der Waals surface area contributed by atoms with Crippen molar-refractivity contribution in [1.29, 1.82) is 0 Å². The van der Waals surface area contributed by atoms with Gasteiger partial charge in [-0.25, -0.2) is 0 Å². The van der Waals surface area contributed by atoms with E-state index < -0.39 is 5.92 Å². The summed E-state index contributed by atoms with van der Waals surface area (Å²) in [6.07, 6.45) is 4.54. The lowest BCUT2D eigenvalue weighted by molar-refractivity contribution is -0.139. The number of anilines is 1. The highest BCUT2D eigenvalue weighted by Crippen LogP contribution is 2.46. The molecule has 1 atom stereocenters. The Labute approximate surface area is 208 Å². The maximum atomic E-state index is 13.8. The van der Waals surface area contributed by atoms with Crippen LogP contribution in [-0.4, -0.2) is 27.8 Å². The third kappa shape index (κ3) is 3.30. The number of hydrogen-bond acceptors (Lipinski definition) is 5. The lowest BCUT2D eigenvalue weighted by Crippen LogP contribution is -2.33. The number of carbonyl (C=O) groups excluding carboxylic acids is 2. The zero-order chi connectivity index (χ0) is 25.1. The molecule has 4 heterocycles. The predicted molar refractivity (Wildman–Crippen MR) is 139 cm³/mol. The van der Waals surface area contributed by atoms with Crippen molar-refractivity contribution < 1.29 is 14.0 Å². The predicted octanol–water partition coefficient (Wildman–Crippen LogP) is 4.99. The highest BCUT2D eigenvalue weighted by atomic mass is 16.3. The molecular weight excluding hydrogens is 454 g/mol. The van der Waals surface area contributed by atoms with Crippen molar-refractivity contribution in [3.8, 4) is 0 Å². The average Bonchev–Trinajstić information content (AvgIpc) is 3.34. The van der Waals surface area contributed by atoms with Crippen LogP contribution in [0.5, 0.6) is 0 Å². The van der Waals surface area contributed by atoms with Gasteiger partial charge in [-0.1, -0.05) is 32.0 Å². The van der Waals surface area contributed by atoms with E-state index in [-0.39, 0.29) is 23.8 Å². The van der Waals surface area contributed by atoms with Crippen molar-refractivity contribution in [3.05, 3.63) is 87.5 Å². The summed E-state index contributed by atoms with van der Waals surface area (Å²) in [5.41, 5.74) is 4.55. The number of carbonyl (C=O) groups is 2. The fourth-order valence-electron chi connectivity index (χ4n) is 5.47. The molecule has 1 unspecified atom stereocenters. The van der Waals surface area contributed by atoms with Gasteiger partial charge >= 0.3 is 0 Å². The summed E-state index contributed by atoms with van der Waals surface area (Å²) in [6.45, 7) is 6.73. The van der Waals surface area contributed by atoms with Crippen molar-refractivity contribution in [1.82, 2.24) is 9.47 Å². The molecule has 0 fully saturated rings. The van der Waals surface area contributed by atoms with Gasteiger partial charge in [0.15, 0.2) is 5.43 Å². The number of nitrogens with one attached hydrogen (secondary N) is 1. The third-order valence-electron chi connectivity index (χ3n) is 7.28. The fourth-order valence-corrected chi connectivity index (χ4v) is 5.47. The van der Waals surface area contributed by atoms with Gasteiger partial charge in [0.2, 0.25) is 5.91 Å². The topological polar surface area (TPSA) is 84.6 Å². The molecule has 2 aromatic heterocycles. The van der Waals surface area contributed by atoms with E-state index in [0.717, 1.165) is 35.1 Å². The van der Waals surface area contributed by atoms with Gasteiger partial charge in [-0.05, 0) is 42.2 Å². The van der Waals surface area contributed by atoms with Crippen LogP contribution in [-0.2, 0) is 16.1 Å². The van der Waals surface area contributed by atoms with Crippen LogP contribution in [0, 0.1) is 5.92 Å². The summed E-state index contributed by atoms with van der Waals surface area (Å²) in [5.74, 6) is -0.847. The van der Waals surface area contributed by atoms with Crippen LogP contribution in [0.3, 0.4) is 0 Å². The van der Waals surface area contributed by atoms with E-state index in [1.54, 1.807) is 18.2 Å². The number of rotatable bonds is 4. The Morgan fingerprint density at radius 2 is 1.92 bits per heavy atom. The third-order valence-corrected chi connectivity index (χ3v) is 7.28. The van der Waals surface area contributed by atoms with E-state index in [4.69, 9.17) is 4.42 Å². The minimum absolute atomic E-state index is 0.146. The van der Waals surface area contributed by atoms with Crippen LogP contribution in [0.4, 0.5) is 5.69 Å². The molecule has 182 valence electrons. The van der Waals surface area contributed by atoms with Crippen LogP contribution < -0.4 is 10.7 Å². The summed E-state index contributed by atoms with van der Waals surface area (Å²) in [4.78, 5) is 41.0. The van der Waals surface area contributed by atoms with Gasteiger partial charge in [-0.2, -0.15) is 0 Å². The first-order chi connectivity index (χ1) is 17.3. The minimum atomic E-state index is -0.670. The number of amides is 2. The molecular formula is C29H27N3O4. The highest BCUT2D eigenvalue weighted by Gasteiger charge is 2.42. The SMILES string of the molecule is CC(=O)N1CC2=C(C1=O)C(c1coc3ccccc3c1=O)c1cn(CCC(C)C)c3cccc(c13)N2. The average molecular weight is 482 g/mol. The van der Waals surface area contributed by atoms with Crippen LogP contribution in [0.25, 0.3) is 21.9 Å². The quantitative estimate of drug-likeness (QED) is 0.444. The molecule has 0 radical (unpaired) electrons. The van der Waals surface area contributed by atoms with E-state index in [1.165, 1.54) is 18.1 Å². The van der Waals surface area contributed by atoms with Gasteiger partial charge in [0.05, 0.1) is 35.2 Å². The monoisotopic (exact) mass is 481 g/mol. The Morgan fingerprint density at radius 1 is 1.11 bits per heavy atom. The van der Waals surface area contributed by atoms with Gasteiger partial charge in [0.25, 0.3) is 5.91 Å². The fraction of sp³-hybridized carbons (Fsp3) is 0.276. The van der Waals surface area contributed by atoms with Crippen LogP contribution in [0.2, 0.25) is 0 Å². The number of aromatic nitrogens is 1. The molecule has 0 bridgehead atoms. The van der Waals surface area contributed by atoms with E-state index in [9.17, 15) is 14.4 Å². The lowest BCUT2D eigenvalue weighted by Gasteiger charge is -2.19. The van der Waals surface area contributed by atoms with Crippen molar-refractivity contribution in [2.24, 2.45) is 5.92 Å². The van der Waals surface area contributed by atoms with Crippen molar-refractivity contribution >= 4 is 39.4 Å². The molecule has 2 aromatic carbocycles. The van der Waals surface area contributed by atoms with Gasteiger partial charge in [-0.15, -0.1) is 0 Å². The van der Waals surface area contributed by atoms with Crippen LogP contribution in [0.15, 0.2) is 75.4 Å². The van der Waals surface area contributed by atoms with Crippen LogP contribution >= 0.6 is 0 Å². The second kappa shape index (κ2) is 8.22. The molecule has 2 aliphatic heterocycles. The van der Waals surface area contributed by atoms with E-state index in [1.807, 2.05) is 18.2 Å². The first-order valence-corrected chi connectivity index (χ1v) is 12.3. The smallest absolute Gasteiger partial charge is 0.259 e. The van der Waals surface area contributed by atoms with Gasteiger partial charge < -0.3 is 14.3 Å². The van der Waals surface area contributed by atoms with Gasteiger partial charge in [0.1, 0.15) is 5.58 Å². The number of nitrogens with zero attached hydrogens (tertiary/aromatic N) is 2. The molecule has 0 saturated carbocycles. The number of hydrogen-bond donors (Lipinski definition) is 1. The molecule has 6 rings (SSSR count). The van der Waals surface area contributed by atoms with Crippen molar-refractivity contribution in [3.63, 3.8) is 0 Å². The zero-order valence-corrected chi connectivity index (χ0v) is 20.5. The maximum absolute atomic E-state index is 13.8. The number of aryl methyl sites for hydroxylation is 1. The van der Waals surface area contributed by atoms with E-state index in [2.05, 4.69) is 36.0 Å². The Balaban J connectivity index is 1.65. The molecule has 0 saturated heterocycles. The Hall–Kier alpha value is -4.13. The number of fused-ring (bicyclic) bond motifs is 1. The van der Waals surface area contributed by atoms with E-state index in [0.29, 0.717) is 33.7 Å². The molecule has 1 N–H and O–H groups in total. The molecule has 4 aromatic rings. The molecule has 7 heteroatoms. The maximum Gasteiger partial charge on any atom is 0.259 e. The normalized spacial score (nSPS) is 17.2. The molecule has 36 heavy (non-hydrogen) atoms. The first-order valence-electron chi connectivity index (χ1n) is 12.3. The molecule has 2 aliphatic rings. The molecule has 0 aliphatic carbocycles. The zero-order valence-electron chi connectivity index (χ0n) is 20.5. The standard InChI is InChI=1S/C29H27N3O4/c1-16(2)11-12-31-13-19-25(20-15-36-24-10-5-4-7-18(24)28(20)34)27-22(14-32(17(3)33)29(27)35)30-21-8-6-9-23(31)26(19)21/h4-10,13,15-16,25,30H,11-12,14H2,1-3H3. The minimum Gasteiger partial charge on any atom is -0.464 e. The Bertz CT molecular complexity index is 1660. The van der Waals surface area contributed by atoms with Crippen LogP contribution in [0.1, 0.15) is 44.2 Å². The largest absolute Gasteiger partial charge is 0.464 e. The lowest BCUT2D eigenvalue weighted by atomic mass is 9.84. The summed E-state index contributed by atoms with van der Waals surface area (Å²) >= 11 is 0. The van der Waals surface area contributed by atoms with Crippen molar-refractivity contribution in [2.45, 2.75) is 39.7 Å². The van der Waals surface area contributed by atoms with Gasteiger partial charge in [0, 0.05) is 42.0 Å². The van der Waals surface area contributed by atoms with Gasteiger partial charge in [-0.3, -0.25) is 19.3 Å². The molecule has 7 nitrogen and oxygen atoms in total. The summed E-state index contributed by atoms with van der Waals surface area (Å²) < 4.78 is 8.11. The molecule has 0 spiro atoms. The van der Waals surface area contributed by atoms with Crippen molar-refractivity contribution in [2.75, 3.05) is 11.9 Å². The summed E-state index contributed by atoms with van der Waals surface area (Å²) in [7, 11) is 0. The second-order valence-electron chi connectivity index (χ2n) is 10.0. The second-order valence-corrected chi connectivity index (χ2v) is 10.0. The highest BCUT2D eigenvalue weighted by molar-refractivity contribution is 6.11. The Morgan fingerprint density at radius 3 is 2.69 bits per heavy atom. The van der Waals surface area contributed by atoms with E-state index >= 15 is 0 Å².